The molecule has 0 aliphatic carbocycles. The molecule has 1 amide bonds. The topological polar surface area (TPSA) is 85.2 Å². The second kappa shape index (κ2) is 9.21. The van der Waals surface area contributed by atoms with Crippen molar-refractivity contribution in [2.45, 2.75) is 12.0 Å². The SMILES string of the molecule is COC(=O)C(NC(=O)[C@H]1CNC[C@@H]1c1cnn(C)c1)c1ccc(Cl)cc1.Cl. The number of aryl methyl sites for hydroxylation is 1. The number of halogens is 2. The molecule has 3 rings (SSSR count). The number of carbonyl (C=O) groups is 2. The molecule has 1 saturated heterocycles. The van der Waals surface area contributed by atoms with Crippen LogP contribution >= 0.6 is 24.0 Å². The predicted octanol–water partition coefficient (Wildman–Crippen LogP) is 1.83. The lowest BCUT2D eigenvalue weighted by molar-refractivity contribution is -0.145. The Morgan fingerprint density at radius 3 is 2.63 bits per heavy atom. The van der Waals surface area contributed by atoms with Gasteiger partial charge in [0, 0.05) is 37.3 Å². The van der Waals surface area contributed by atoms with Crippen LogP contribution in [0.15, 0.2) is 36.7 Å². The van der Waals surface area contributed by atoms with Gasteiger partial charge in [-0.3, -0.25) is 9.48 Å². The van der Waals surface area contributed by atoms with Crippen molar-refractivity contribution in [1.82, 2.24) is 20.4 Å². The van der Waals surface area contributed by atoms with Gasteiger partial charge in [-0.05, 0) is 23.3 Å². The molecule has 0 radical (unpaired) electrons. The lowest BCUT2D eigenvalue weighted by atomic mass is 9.90. The first-order valence-corrected chi connectivity index (χ1v) is 8.70. The van der Waals surface area contributed by atoms with E-state index in [1.807, 2.05) is 13.2 Å². The van der Waals surface area contributed by atoms with E-state index in [1.165, 1.54) is 7.11 Å². The van der Waals surface area contributed by atoms with Gasteiger partial charge in [0.25, 0.3) is 0 Å². The zero-order chi connectivity index (χ0) is 18.7. The molecular formula is C18H22Cl2N4O3. The third kappa shape index (κ3) is 4.80. The molecule has 1 aliphatic rings. The molecule has 1 aliphatic heterocycles. The third-order valence-electron chi connectivity index (χ3n) is 4.63. The van der Waals surface area contributed by atoms with E-state index in [2.05, 4.69) is 15.7 Å². The number of aromatic nitrogens is 2. The van der Waals surface area contributed by atoms with Crippen LogP contribution in [-0.4, -0.2) is 41.9 Å². The van der Waals surface area contributed by atoms with Gasteiger partial charge >= 0.3 is 5.97 Å². The van der Waals surface area contributed by atoms with Gasteiger partial charge in [0.15, 0.2) is 6.04 Å². The molecule has 7 nitrogen and oxygen atoms in total. The van der Waals surface area contributed by atoms with Crippen LogP contribution in [0.5, 0.6) is 0 Å². The van der Waals surface area contributed by atoms with Gasteiger partial charge in [0.05, 0.1) is 19.2 Å². The molecule has 1 fully saturated rings. The van der Waals surface area contributed by atoms with E-state index in [0.717, 1.165) is 5.56 Å². The zero-order valence-electron chi connectivity index (χ0n) is 15.0. The highest BCUT2D eigenvalue weighted by molar-refractivity contribution is 6.30. The van der Waals surface area contributed by atoms with Crippen molar-refractivity contribution in [1.29, 1.82) is 0 Å². The van der Waals surface area contributed by atoms with Crippen molar-refractivity contribution in [3.8, 4) is 0 Å². The number of hydrogen-bond donors (Lipinski definition) is 2. The highest BCUT2D eigenvalue weighted by Gasteiger charge is 2.36. The number of carbonyl (C=O) groups excluding carboxylic acids is 2. The maximum Gasteiger partial charge on any atom is 0.333 e. The normalized spacial score (nSPS) is 19.8. The Hall–Kier alpha value is -2.09. The number of esters is 1. The molecule has 0 spiro atoms. The number of amides is 1. The smallest absolute Gasteiger partial charge is 0.333 e. The monoisotopic (exact) mass is 412 g/mol. The number of nitrogens with zero attached hydrogens (tertiary/aromatic N) is 2. The third-order valence-corrected chi connectivity index (χ3v) is 4.88. The maximum absolute atomic E-state index is 12.9. The number of ether oxygens (including phenoxy) is 1. The Morgan fingerprint density at radius 1 is 1.33 bits per heavy atom. The summed E-state index contributed by atoms with van der Waals surface area (Å²) >= 11 is 5.91. The summed E-state index contributed by atoms with van der Waals surface area (Å²) in [6, 6.07) is 5.88. The van der Waals surface area contributed by atoms with E-state index < -0.39 is 12.0 Å². The minimum absolute atomic E-state index is 0. The Kier molecular flexibility index (Phi) is 7.24. The number of benzene rings is 1. The van der Waals surface area contributed by atoms with E-state index in [1.54, 1.807) is 35.1 Å². The molecule has 1 unspecified atom stereocenters. The van der Waals surface area contributed by atoms with E-state index in [-0.39, 0.29) is 30.2 Å². The Labute approximate surface area is 168 Å². The molecule has 3 atom stereocenters. The number of hydrogen-bond acceptors (Lipinski definition) is 5. The molecule has 1 aromatic carbocycles. The fourth-order valence-electron chi connectivity index (χ4n) is 3.24. The van der Waals surface area contributed by atoms with Crippen LogP contribution < -0.4 is 10.6 Å². The van der Waals surface area contributed by atoms with Crippen LogP contribution in [0, 0.1) is 5.92 Å². The van der Waals surface area contributed by atoms with Gasteiger partial charge < -0.3 is 15.4 Å². The summed E-state index contributed by atoms with van der Waals surface area (Å²) in [6.07, 6.45) is 3.68. The van der Waals surface area contributed by atoms with Crippen LogP contribution in [0.2, 0.25) is 5.02 Å². The fraction of sp³-hybridized carbons (Fsp3) is 0.389. The van der Waals surface area contributed by atoms with Crippen molar-refractivity contribution in [2.75, 3.05) is 20.2 Å². The minimum atomic E-state index is -0.875. The van der Waals surface area contributed by atoms with Gasteiger partial charge in [-0.25, -0.2) is 4.79 Å². The second-order valence-corrected chi connectivity index (χ2v) is 6.77. The highest BCUT2D eigenvalue weighted by atomic mass is 35.5. The van der Waals surface area contributed by atoms with Crippen LogP contribution in [0.25, 0.3) is 0 Å². The molecule has 0 saturated carbocycles. The van der Waals surface area contributed by atoms with Crippen molar-refractivity contribution in [3.05, 3.63) is 52.8 Å². The van der Waals surface area contributed by atoms with Crippen LogP contribution in [0.4, 0.5) is 0 Å². The van der Waals surface area contributed by atoms with E-state index >= 15 is 0 Å². The average molecular weight is 413 g/mol. The molecule has 146 valence electrons. The molecule has 2 heterocycles. The van der Waals surface area contributed by atoms with Gasteiger partial charge in [-0.1, -0.05) is 23.7 Å². The number of methoxy groups -OCH3 is 1. The van der Waals surface area contributed by atoms with E-state index in [9.17, 15) is 9.59 Å². The van der Waals surface area contributed by atoms with Crippen LogP contribution in [0.3, 0.4) is 0 Å². The van der Waals surface area contributed by atoms with Crippen molar-refractivity contribution >= 4 is 35.9 Å². The molecule has 1 aromatic heterocycles. The van der Waals surface area contributed by atoms with E-state index in [0.29, 0.717) is 23.7 Å². The Bertz CT molecular complexity index is 794. The van der Waals surface area contributed by atoms with Gasteiger partial charge in [0.1, 0.15) is 0 Å². The lowest BCUT2D eigenvalue weighted by Gasteiger charge is -2.22. The number of rotatable bonds is 5. The lowest BCUT2D eigenvalue weighted by Crippen LogP contribution is -2.40. The molecule has 2 aromatic rings. The molecule has 9 heteroatoms. The summed E-state index contributed by atoms with van der Waals surface area (Å²) < 4.78 is 6.58. The summed E-state index contributed by atoms with van der Waals surface area (Å²) in [6.45, 7) is 1.23. The van der Waals surface area contributed by atoms with Crippen LogP contribution in [-0.2, 0) is 21.4 Å². The highest BCUT2D eigenvalue weighted by Crippen LogP contribution is 2.29. The Morgan fingerprint density at radius 2 is 2.04 bits per heavy atom. The first-order valence-electron chi connectivity index (χ1n) is 8.32. The van der Waals surface area contributed by atoms with Gasteiger partial charge in [-0.2, -0.15) is 5.10 Å². The van der Waals surface area contributed by atoms with Gasteiger partial charge in [-0.15, -0.1) is 12.4 Å². The molecular weight excluding hydrogens is 391 g/mol. The number of nitrogens with one attached hydrogen (secondary N) is 2. The molecule has 27 heavy (non-hydrogen) atoms. The van der Waals surface area contributed by atoms with Crippen molar-refractivity contribution < 1.29 is 14.3 Å². The van der Waals surface area contributed by atoms with Gasteiger partial charge in [0.2, 0.25) is 5.91 Å². The van der Waals surface area contributed by atoms with Crippen molar-refractivity contribution in [3.63, 3.8) is 0 Å². The summed E-state index contributed by atoms with van der Waals surface area (Å²) in [4.78, 5) is 25.1. The summed E-state index contributed by atoms with van der Waals surface area (Å²) in [7, 11) is 3.14. The quantitative estimate of drug-likeness (QED) is 0.731. The second-order valence-electron chi connectivity index (χ2n) is 6.33. The van der Waals surface area contributed by atoms with Crippen molar-refractivity contribution in [2.24, 2.45) is 13.0 Å². The van der Waals surface area contributed by atoms with E-state index in [4.69, 9.17) is 16.3 Å². The minimum Gasteiger partial charge on any atom is -0.467 e. The Balaban J connectivity index is 0.00000261. The summed E-state index contributed by atoms with van der Waals surface area (Å²) in [5.41, 5.74) is 1.62. The standard InChI is InChI=1S/C18H21ClN4O3.ClH/c1-23-10-12(7-21-23)14-8-20-9-15(14)17(24)22-16(18(25)26-2)11-3-5-13(19)6-4-11;/h3-7,10,14-16,20H,8-9H2,1-2H3,(H,22,24);1H/t14-,15+,16?;/m1./s1. The summed E-state index contributed by atoms with van der Waals surface area (Å²) in [5.74, 6) is -1.01. The maximum atomic E-state index is 12.9. The first-order chi connectivity index (χ1) is 12.5. The fourth-order valence-corrected chi connectivity index (χ4v) is 3.36. The van der Waals surface area contributed by atoms with Crippen LogP contribution in [0.1, 0.15) is 23.1 Å². The average Bonchev–Trinajstić information content (AvgIpc) is 3.28. The molecule has 0 bridgehead atoms. The predicted molar refractivity (Wildman–Crippen MR) is 104 cm³/mol. The summed E-state index contributed by atoms with van der Waals surface area (Å²) in [5, 5.41) is 10.8. The largest absolute Gasteiger partial charge is 0.467 e. The zero-order valence-corrected chi connectivity index (χ0v) is 16.6. The molecule has 2 N–H and O–H groups in total. The first kappa shape index (κ1) is 21.2.